The summed E-state index contributed by atoms with van der Waals surface area (Å²) in [5.41, 5.74) is 0.356. The number of hydrogen-bond acceptors (Lipinski definition) is 5. The molecule has 2 aromatic heterocycles. The van der Waals surface area contributed by atoms with Gasteiger partial charge < -0.3 is 10.1 Å². The molecule has 2 aromatic rings. The van der Waals surface area contributed by atoms with Gasteiger partial charge in [0.05, 0.1) is 11.5 Å². The molecule has 2 aliphatic rings. The minimum absolute atomic E-state index is 0.0318. The van der Waals surface area contributed by atoms with E-state index >= 15 is 0 Å². The molecular weight excluding hydrogens is 366 g/mol. The minimum Gasteiger partial charge on any atom is -0.376 e. The molecule has 1 aliphatic heterocycles. The summed E-state index contributed by atoms with van der Waals surface area (Å²) in [5, 5.41) is 3.44. The summed E-state index contributed by atoms with van der Waals surface area (Å²) in [4.78, 5) is 40.3. The molecule has 0 bridgehead atoms. The monoisotopic (exact) mass is 391 g/mol. The fraction of sp³-hybridized carbons (Fsp3) is 0.632. The van der Waals surface area contributed by atoms with E-state index in [1.807, 2.05) is 6.92 Å². The fourth-order valence-electron chi connectivity index (χ4n) is 4.07. The molecule has 0 radical (unpaired) electrons. The summed E-state index contributed by atoms with van der Waals surface area (Å²) in [7, 11) is 0. The minimum atomic E-state index is -0.402. The zero-order valence-corrected chi connectivity index (χ0v) is 16.4. The molecule has 1 fully saturated rings. The average Bonchev–Trinajstić information content (AvgIpc) is 3.31. The van der Waals surface area contributed by atoms with Crippen LogP contribution >= 0.6 is 11.3 Å². The lowest BCUT2D eigenvalue weighted by Crippen LogP contribution is -2.44. The summed E-state index contributed by atoms with van der Waals surface area (Å²) < 4.78 is 8.23. The van der Waals surface area contributed by atoms with Crippen LogP contribution in [0.1, 0.15) is 43.0 Å². The van der Waals surface area contributed by atoms with Crippen molar-refractivity contribution in [3.63, 3.8) is 0 Å². The third-order valence-electron chi connectivity index (χ3n) is 5.49. The number of nitrogens with one attached hydrogen (secondary N) is 1. The van der Waals surface area contributed by atoms with Gasteiger partial charge >= 0.3 is 5.69 Å². The molecule has 1 aliphatic carbocycles. The van der Waals surface area contributed by atoms with Gasteiger partial charge in [-0.3, -0.25) is 18.7 Å². The van der Waals surface area contributed by atoms with E-state index in [9.17, 15) is 14.4 Å². The molecule has 7 nitrogen and oxygen atoms in total. The Bertz CT molecular complexity index is 981. The lowest BCUT2D eigenvalue weighted by molar-refractivity contribution is -0.122. The topological polar surface area (TPSA) is 82.3 Å². The van der Waals surface area contributed by atoms with Crippen LogP contribution in [0.15, 0.2) is 9.59 Å². The van der Waals surface area contributed by atoms with Gasteiger partial charge in [0, 0.05) is 24.6 Å². The van der Waals surface area contributed by atoms with Crippen molar-refractivity contribution in [2.24, 2.45) is 0 Å². The maximum Gasteiger partial charge on any atom is 0.332 e. The first-order chi connectivity index (χ1) is 13.1. The van der Waals surface area contributed by atoms with Crippen molar-refractivity contribution in [2.75, 3.05) is 13.2 Å². The van der Waals surface area contributed by atoms with Crippen molar-refractivity contribution in [1.82, 2.24) is 14.5 Å². The van der Waals surface area contributed by atoms with Gasteiger partial charge in [0.2, 0.25) is 5.91 Å². The Labute approximate surface area is 160 Å². The van der Waals surface area contributed by atoms with E-state index in [2.05, 4.69) is 5.32 Å². The van der Waals surface area contributed by atoms with Crippen molar-refractivity contribution < 1.29 is 9.53 Å². The molecule has 27 heavy (non-hydrogen) atoms. The van der Waals surface area contributed by atoms with E-state index in [4.69, 9.17) is 4.74 Å². The molecule has 1 atom stereocenters. The molecule has 1 saturated heterocycles. The smallest absolute Gasteiger partial charge is 0.332 e. The summed E-state index contributed by atoms with van der Waals surface area (Å²) in [6.45, 7) is 3.27. The number of carbonyl (C=O) groups excluding carboxylic acids is 1. The van der Waals surface area contributed by atoms with E-state index in [0.29, 0.717) is 18.5 Å². The van der Waals surface area contributed by atoms with Crippen LogP contribution in [0.2, 0.25) is 0 Å². The van der Waals surface area contributed by atoms with Crippen LogP contribution in [-0.2, 0) is 35.5 Å². The van der Waals surface area contributed by atoms with Crippen LogP contribution in [0.4, 0.5) is 0 Å². The van der Waals surface area contributed by atoms with E-state index < -0.39 is 5.69 Å². The standard InChI is InChI=1S/C19H25N3O4S/c1-2-21-18-16(13-7-3-4-8-14(13)27-18)17(24)22(19(21)25)11-15(23)20-10-12-6-5-9-26-12/h12H,2-11H2,1H3,(H,20,23)/t12-/m1/s1. The van der Waals surface area contributed by atoms with Gasteiger partial charge in [-0.1, -0.05) is 0 Å². The molecule has 0 spiro atoms. The first-order valence-electron chi connectivity index (χ1n) is 9.76. The molecule has 4 rings (SSSR count). The van der Waals surface area contributed by atoms with Crippen LogP contribution < -0.4 is 16.6 Å². The van der Waals surface area contributed by atoms with E-state index in [1.54, 1.807) is 15.9 Å². The predicted octanol–water partition coefficient (Wildman–Crippen LogP) is 1.42. The highest BCUT2D eigenvalue weighted by Gasteiger charge is 2.24. The quantitative estimate of drug-likeness (QED) is 0.836. The number of hydrogen-bond donors (Lipinski definition) is 1. The van der Waals surface area contributed by atoms with Crippen molar-refractivity contribution in [2.45, 2.75) is 64.6 Å². The highest BCUT2D eigenvalue weighted by atomic mass is 32.1. The summed E-state index contributed by atoms with van der Waals surface area (Å²) >= 11 is 1.57. The highest BCUT2D eigenvalue weighted by Crippen LogP contribution is 2.34. The van der Waals surface area contributed by atoms with Crippen molar-refractivity contribution >= 4 is 27.5 Å². The highest BCUT2D eigenvalue weighted by molar-refractivity contribution is 7.18. The summed E-state index contributed by atoms with van der Waals surface area (Å²) in [5.74, 6) is -0.323. The van der Waals surface area contributed by atoms with E-state index in [0.717, 1.165) is 60.1 Å². The maximum absolute atomic E-state index is 13.1. The number of aryl methyl sites for hydroxylation is 3. The Morgan fingerprint density at radius 1 is 1.22 bits per heavy atom. The molecule has 146 valence electrons. The maximum atomic E-state index is 13.1. The number of ether oxygens (including phenoxy) is 1. The molecule has 1 N–H and O–H groups in total. The lowest BCUT2D eigenvalue weighted by Gasteiger charge is -2.13. The van der Waals surface area contributed by atoms with Gasteiger partial charge in [-0.25, -0.2) is 4.79 Å². The molecule has 3 heterocycles. The van der Waals surface area contributed by atoms with Crippen LogP contribution in [0.25, 0.3) is 10.2 Å². The van der Waals surface area contributed by atoms with Gasteiger partial charge in [0.1, 0.15) is 11.4 Å². The average molecular weight is 391 g/mol. The third-order valence-corrected chi connectivity index (χ3v) is 6.80. The zero-order chi connectivity index (χ0) is 19.0. The van der Waals surface area contributed by atoms with Gasteiger partial charge in [-0.2, -0.15) is 0 Å². The Morgan fingerprint density at radius 3 is 2.78 bits per heavy atom. The molecule has 1 amide bonds. The zero-order valence-electron chi connectivity index (χ0n) is 15.6. The Hall–Kier alpha value is -1.93. The second-order valence-corrected chi connectivity index (χ2v) is 8.33. The normalized spacial score (nSPS) is 19.4. The summed E-state index contributed by atoms with van der Waals surface area (Å²) in [6, 6.07) is 0. The number of thiophene rings is 1. The molecule has 0 unspecified atom stereocenters. The number of fused-ring (bicyclic) bond motifs is 3. The Kier molecular flexibility index (Phi) is 5.19. The predicted molar refractivity (Wildman–Crippen MR) is 105 cm³/mol. The number of nitrogens with zero attached hydrogens (tertiary/aromatic N) is 2. The van der Waals surface area contributed by atoms with Crippen molar-refractivity contribution in [1.29, 1.82) is 0 Å². The van der Waals surface area contributed by atoms with Crippen LogP contribution in [-0.4, -0.2) is 34.3 Å². The van der Waals surface area contributed by atoms with Crippen LogP contribution in [0.5, 0.6) is 0 Å². The van der Waals surface area contributed by atoms with E-state index in [1.165, 1.54) is 4.88 Å². The van der Waals surface area contributed by atoms with Crippen molar-refractivity contribution in [3.8, 4) is 0 Å². The van der Waals surface area contributed by atoms with Crippen molar-refractivity contribution in [3.05, 3.63) is 31.3 Å². The SMILES string of the molecule is CCn1c(=O)n(CC(=O)NC[C@H]2CCCO2)c(=O)c2c3c(sc21)CCCC3. The van der Waals surface area contributed by atoms with Gasteiger partial charge in [0.25, 0.3) is 5.56 Å². The van der Waals surface area contributed by atoms with Crippen LogP contribution in [0.3, 0.4) is 0 Å². The Balaban J connectivity index is 1.68. The molecule has 8 heteroatoms. The summed E-state index contributed by atoms with van der Waals surface area (Å²) in [6.07, 6.45) is 5.98. The number of rotatable bonds is 5. The number of aromatic nitrogens is 2. The van der Waals surface area contributed by atoms with Gasteiger partial charge in [0.15, 0.2) is 0 Å². The number of amides is 1. The van der Waals surface area contributed by atoms with Gasteiger partial charge in [-0.05, 0) is 51.0 Å². The first kappa shape index (κ1) is 18.4. The molecule has 0 aromatic carbocycles. The molecular formula is C19H25N3O4S. The second kappa shape index (κ2) is 7.59. The lowest BCUT2D eigenvalue weighted by atomic mass is 9.97. The fourth-order valence-corrected chi connectivity index (χ4v) is 5.50. The Morgan fingerprint density at radius 2 is 2.04 bits per heavy atom. The van der Waals surface area contributed by atoms with Crippen LogP contribution in [0, 0.1) is 0 Å². The third kappa shape index (κ3) is 3.36. The first-order valence-corrected chi connectivity index (χ1v) is 10.6. The second-order valence-electron chi connectivity index (χ2n) is 7.25. The largest absolute Gasteiger partial charge is 0.376 e. The molecule has 0 saturated carbocycles. The van der Waals surface area contributed by atoms with Gasteiger partial charge in [-0.15, -0.1) is 11.3 Å². The number of carbonyl (C=O) groups is 1. The van der Waals surface area contributed by atoms with E-state index in [-0.39, 0.29) is 24.1 Å².